The first-order chi connectivity index (χ1) is 12.1. The third-order valence-corrected chi connectivity index (χ3v) is 4.06. The summed E-state index contributed by atoms with van der Waals surface area (Å²) in [4.78, 5) is 3.90. The minimum atomic E-state index is -4.53. The van der Waals surface area contributed by atoms with Crippen LogP contribution in [-0.2, 0) is 15.8 Å². The molecule has 0 amide bonds. The zero-order valence-corrected chi connectivity index (χ0v) is 14.3. The third kappa shape index (κ3) is 5.42. The number of hydrogen-bond donors (Lipinski definition) is 5. The van der Waals surface area contributed by atoms with E-state index in [1.165, 1.54) is 18.4 Å². The second kappa shape index (κ2) is 7.70. The molecule has 0 aliphatic carbocycles. The van der Waals surface area contributed by atoms with Crippen molar-refractivity contribution in [1.29, 1.82) is 9.56 Å². The van der Waals surface area contributed by atoms with E-state index in [0.29, 0.717) is 0 Å². The summed E-state index contributed by atoms with van der Waals surface area (Å²) in [5, 5.41) is 19.2. The molecular weight excluding hydrogens is 375 g/mol. The fourth-order valence-corrected chi connectivity index (χ4v) is 2.36. The lowest BCUT2D eigenvalue weighted by molar-refractivity contribution is -0.137. The van der Waals surface area contributed by atoms with E-state index in [1.54, 1.807) is 5.48 Å². The summed E-state index contributed by atoms with van der Waals surface area (Å²) < 4.78 is 58.0. The van der Waals surface area contributed by atoms with Gasteiger partial charge in [0.05, 0.1) is 11.3 Å². The van der Waals surface area contributed by atoms with Crippen LogP contribution in [0.3, 0.4) is 0 Å². The summed E-state index contributed by atoms with van der Waals surface area (Å²) >= 11 is 0. The third-order valence-electron chi connectivity index (χ3n) is 3.04. The molecule has 0 atom stereocenters. The Labute approximate surface area is 146 Å². The maximum absolute atomic E-state index is 12.8. The fourth-order valence-electron chi connectivity index (χ4n) is 1.85. The van der Waals surface area contributed by atoms with Crippen LogP contribution in [-0.4, -0.2) is 39.9 Å². The summed E-state index contributed by atoms with van der Waals surface area (Å²) in [5.74, 6) is 0.0345. The van der Waals surface area contributed by atoms with E-state index in [1.807, 2.05) is 0 Å². The lowest BCUT2D eigenvalue weighted by Crippen LogP contribution is -2.23. The molecular formula is C13H16F3N7O2S. The number of aromatic nitrogens is 2. The summed E-state index contributed by atoms with van der Waals surface area (Å²) in [6, 6.07) is 4.22. The van der Waals surface area contributed by atoms with Gasteiger partial charge in [-0.05, 0) is 28.5 Å². The van der Waals surface area contributed by atoms with Crippen LogP contribution in [0.15, 0.2) is 33.9 Å². The quantitative estimate of drug-likeness (QED) is 0.291. The molecule has 1 aromatic carbocycles. The molecule has 0 bridgehead atoms. The molecule has 0 unspecified atom stereocenters. The molecule has 0 aliphatic rings. The fraction of sp³-hybridized carbons (Fsp3) is 0.308. The van der Waals surface area contributed by atoms with Crippen molar-refractivity contribution in [3.8, 4) is 0 Å². The monoisotopic (exact) mass is 391 g/mol. The van der Waals surface area contributed by atoms with Crippen molar-refractivity contribution in [2.45, 2.75) is 6.18 Å². The van der Waals surface area contributed by atoms with E-state index in [9.17, 15) is 18.4 Å². The van der Waals surface area contributed by atoms with E-state index < -0.39 is 21.4 Å². The first-order valence-electron chi connectivity index (χ1n) is 7.08. The van der Waals surface area contributed by atoms with Gasteiger partial charge >= 0.3 is 6.18 Å². The van der Waals surface area contributed by atoms with Gasteiger partial charge in [-0.3, -0.25) is 20.2 Å². The van der Waals surface area contributed by atoms with Gasteiger partial charge in [0.2, 0.25) is 5.82 Å². The lowest BCUT2D eigenvalue weighted by atomic mass is 10.2. The molecule has 26 heavy (non-hydrogen) atoms. The first kappa shape index (κ1) is 19.7. The van der Waals surface area contributed by atoms with Crippen LogP contribution in [0.4, 0.5) is 24.7 Å². The summed E-state index contributed by atoms with van der Waals surface area (Å²) in [7, 11) is -2.23. The van der Waals surface area contributed by atoms with Gasteiger partial charge in [-0.2, -0.15) is 13.2 Å². The highest BCUT2D eigenvalue weighted by Crippen LogP contribution is 2.31. The van der Waals surface area contributed by atoms with Crippen molar-refractivity contribution in [2.24, 2.45) is 4.99 Å². The molecule has 5 N–H and O–H groups in total. The molecule has 2 rings (SSSR count). The smallest absolute Gasteiger partial charge is 0.364 e. The minimum absolute atomic E-state index is 0.0587. The van der Waals surface area contributed by atoms with Gasteiger partial charge in [0.25, 0.3) is 0 Å². The topological polar surface area (TPSA) is 143 Å². The highest BCUT2D eigenvalue weighted by Gasteiger charge is 2.30. The van der Waals surface area contributed by atoms with Crippen molar-refractivity contribution in [3.05, 3.63) is 35.5 Å². The molecule has 0 aliphatic heterocycles. The van der Waals surface area contributed by atoms with Gasteiger partial charge in [0.15, 0.2) is 11.5 Å². The van der Waals surface area contributed by atoms with E-state index in [4.69, 9.17) is 9.56 Å². The largest absolute Gasteiger partial charge is 0.416 e. The number of nitrogens with one attached hydrogen (secondary N) is 4. The number of benzene rings is 1. The SMILES string of the molecule is CS(=N)(=N)CCNc1nonc1C(=Nc1cccc(C(F)(F)F)c1)NO. The summed E-state index contributed by atoms with van der Waals surface area (Å²) in [5.41, 5.74) is 0.739. The van der Waals surface area contributed by atoms with Gasteiger partial charge in [0.1, 0.15) is 0 Å². The molecule has 142 valence electrons. The average molecular weight is 391 g/mol. The number of alkyl halides is 3. The number of aliphatic imine (C=N–C) groups is 1. The number of halogens is 3. The van der Waals surface area contributed by atoms with E-state index in [-0.39, 0.29) is 35.3 Å². The van der Waals surface area contributed by atoms with Gasteiger partial charge in [-0.25, -0.2) is 9.62 Å². The Bertz CT molecular complexity index is 893. The molecule has 0 spiro atoms. The van der Waals surface area contributed by atoms with Crippen LogP contribution in [0.1, 0.15) is 11.3 Å². The Kier molecular flexibility index (Phi) is 5.82. The zero-order valence-electron chi connectivity index (χ0n) is 13.5. The molecule has 0 radical (unpaired) electrons. The number of rotatable bonds is 6. The van der Waals surface area contributed by atoms with E-state index in [2.05, 4.69) is 25.3 Å². The Hall–Kier alpha value is -2.67. The predicted octanol–water partition coefficient (Wildman–Crippen LogP) is 2.87. The number of anilines is 1. The van der Waals surface area contributed by atoms with Gasteiger partial charge in [-0.1, -0.05) is 15.7 Å². The first-order valence-corrected chi connectivity index (χ1v) is 9.29. The van der Waals surface area contributed by atoms with E-state index in [0.717, 1.165) is 12.1 Å². The average Bonchev–Trinajstić information content (AvgIpc) is 2.99. The summed E-state index contributed by atoms with van der Waals surface area (Å²) in [6.45, 7) is 0.225. The standard InChI is InChI=1S/C13H16F3N7O2S/c1-26(17,18)6-5-19-11-10(22-25-23-11)12(21-24)20-9-4-2-3-8(7-9)13(14,15)16/h2-4,7,17-18,24H,5-6H2,1H3,(H,19,23)(H,20,21). The maximum Gasteiger partial charge on any atom is 0.416 e. The Morgan fingerprint density at radius 1 is 1.35 bits per heavy atom. The van der Waals surface area contributed by atoms with Crippen molar-refractivity contribution in [2.75, 3.05) is 23.9 Å². The minimum Gasteiger partial charge on any atom is -0.364 e. The van der Waals surface area contributed by atoms with Crippen LogP contribution in [0.5, 0.6) is 0 Å². The van der Waals surface area contributed by atoms with Gasteiger partial charge < -0.3 is 5.32 Å². The lowest BCUT2D eigenvalue weighted by Gasteiger charge is -2.08. The molecule has 0 fully saturated rings. The molecule has 1 aromatic heterocycles. The molecule has 0 saturated heterocycles. The Morgan fingerprint density at radius 3 is 2.69 bits per heavy atom. The molecule has 2 aromatic rings. The van der Waals surface area contributed by atoms with Crippen LogP contribution in [0.25, 0.3) is 0 Å². The van der Waals surface area contributed by atoms with Crippen LogP contribution < -0.4 is 10.8 Å². The number of nitrogens with zero attached hydrogens (tertiary/aromatic N) is 3. The maximum atomic E-state index is 12.8. The highest BCUT2D eigenvalue weighted by molar-refractivity contribution is 7.92. The van der Waals surface area contributed by atoms with Crippen molar-refractivity contribution in [1.82, 2.24) is 15.8 Å². The Balaban J connectivity index is 2.27. The van der Waals surface area contributed by atoms with Crippen LogP contribution >= 0.6 is 0 Å². The zero-order chi connectivity index (χ0) is 19.4. The van der Waals surface area contributed by atoms with Crippen LogP contribution in [0, 0.1) is 9.56 Å². The molecule has 0 saturated carbocycles. The van der Waals surface area contributed by atoms with Crippen molar-refractivity contribution >= 4 is 27.0 Å². The molecule has 1 heterocycles. The number of hydrogen-bond acceptors (Lipinski definition) is 8. The summed E-state index contributed by atoms with van der Waals surface area (Å²) in [6.07, 6.45) is -3.03. The molecule has 9 nitrogen and oxygen atoms in total. The predicted molar refractivity (Wildman–Crippen MR) is 88.9 cm³/mol. The second-order valence-corrected chi connectivity index (χ2v) is 7.88. The number of hydroxylamine groups is 1. The van der Waals surface area contributed by atoms with Crippen molar-refractivity contribution in [3.63, 3.8) is 0 Å². The second-order valence-electron chi connectivity index (χ2n) is 5.30. The normalized spacial score (nSPS) is 12.9. The highest BCUT2D eigenvalue weighted by atomic mass is 32.2. The van der Waals surface area contributed by atoms with E-state index >= 15 is 0 Å². The van der Waals surface area contributed by atoms with Gasteiger partial charge in [-0.15, -0.1) is 0 Å². The number of amidine groups is 1. The van der Waals surface area contributed by atoms with Crippen LogP contribution in [0.2, 0.25) is 0 Å². The van der Waals surface area contributed by atoms with Gasteiger partial charge in [0, 0.05) is 18.6 Å². The Morgan fingerprint density at radius 2 is 2.08 bits per heavy atom. The molecule has 13 heteroatoms. The van der Waals surface area contributed by atoms with Crippen molar-refractivity contribution < 1.29 is 23.0 Å².